The third kappa shape index (κ3) is 3.80. The van der Waals surface area contributed by atoms with Gasteiger partial charge in [0.05, 0.1) is 0 Å². The van der Waals surface area contributed by atoms with Crippen molar-refractivity contribution in [2.45, 2.75) is 44.2 Å². The van der Waals surface area contributed by atoms with Crippen molar-refractivity contribution >= 4 is 5.91 Å². The van der Waals surface area contributed by atoms with Crippen LogP contribution in [0.2, 0.25) is 0 Å². The van der Waals surface area contributed by atoms with Gasteiger partial charge in [-0.1, -0.05) is 0 Å². The summed E-state index contributed by atoms with van der Waals surface area (Å²) in [6.07, 6.45) is 5.53. The molecule has 2 aliphatic carbocycles. The maximum absolute atomic E-state index is 11.5. The second-order valence-corrected chi connectivity index (χ2v) is 4.65. The zero-order chi connectivity index (χ0) is 10.7. The first kappa shape index (κ1) is 10.9. The molecule has 0 saturated heterocycles. The molecule has 0 atom stereocenters. The van der Waals surface area contributed by atoms with Gasteiger partial charge in [-0.25, -0.2) is 0 Å². The maximum atomic E-state index is 11.5. The Balaban J connectivity index is 1.62. The fourth-order valence-electron chi connectivity index (χ4n) is 1.86. The highest BCUT2D eigenvalue weighted by molar-refractivity contribution is 5.76. The van der Waals surface area contributed by atoms with Crippen molar-refractivity contribution in [3.05, 3.63) is 0 Å². The molecule has 3 N–H and O–H groups in total. The molecule has 2 fully saturated rings. The first-order valence-corrected chi connectivity index (χ1v) is 6.03. The smallest absolute Gasteiger partial charge is 0.221 e. The largest absolute Gasteiger partial charge is 0.353 e. The Morgan fingerprint density at radius 3 is 2.53 bits per heavy atom. The van der Waals surface area contributed by atoms with E-state index in [0.717, 1.165) is 13.1 Å². The third-order valence-corrected chi connectivity index (χ3v) is 3.05. The average molecular weight is 211 g/mol. The average Bonchev–Trinajstić information content (AvgIpc) is 3.02. The van der Waals surface area contributed by atoms with Gasteiger partial charge in [-0.15, -0.1) is 0 Å². The lowest BCUT2D eigenvalue weighted by atomic mass is 10.3. The van der Waals surface area contributed by atoms with E-state index in [2.05, 4.69) is 10.2 Å². The molecule has 0 aromatic heterocycles. The lowest BCUT2D eigenvalue weighted by molar-refractivity contribution is -0.121. The SMILES string of the molecule is NCCN(CCC(=O)NC1CC1)C1CC1. The molecule has 15 heavy (non-hydrogen) atoms. The number of amides is 1. The van der Waals surface area contributed by atoms with Crippen LogP contribution >= 0.6 is 0 Å². The normalized spacial score (nSPS) is 20.7. The van der Waals surface area contributed by atoms with Crippen LogP contribution in [-0.4, -0.2) is 42.5 Å². The Kier molecular flexibility index (Phi) is 3.59. The summed E-state index contributed by atoms with van der Waals surface area (Å²) in [5, 5.41) is 3.01. The fourth-order valence-corrected chi connectivity index (χ4v) is 1.86. The van der Waals surface area contributed by atoms with Gasteiger partial charge >= 0.3 is 0 Å². The number of nitrogens with two attached hydrogens (primary N) is 1. The molecule has 0 spiro atoms. The summed E-state index contributed by atoms with van der Waals surface area (Å²) in [6.45, 7) is 2.50. The standard InChI is InChI=1S/C11H21N3O/c12-6-8-14(10-3-4-10)7-5-11(15)13-9-1-2-9/h9-10H,1-8,12H2,(H,13,15). The summed E-state index contributed by atoms with van der Waals surface area (Å²) in [7, 11) is 0. The van der Waals surface area contributed by atoms with Crippen molar-refractivity contribution in [3.63, 3.8) is 0 Å². The van der Waals surface area contributed by atoms with E-state index >= 15 is 0 Å². The monoisotopic (exact) mass is 211 g/mol. The predicted octanol–water partition coefficient (Wildman–Crippen LogP) is 0.0782. The van der Waals surface area contributed by atoms with Gasteiger partial charge in [0.25, 0.3) is 0 Å². The molecule has 0 unspecified atom stereocenters. The number of hydrogen-bond acceptors (Lipinski definition) is 3. The van der Waals surface area contributed by atoms with Crippen molar-refractivity contribution in [1.82, 2.24) is 10.2 Å². The third-order valence-electron chi connectivity index (χ3n) is 3.05. The summed E-state index contributed by atoms with van der Waals surface area (Å²) >= 11 is 0. The Hall–Kier alpha value is -0.610. The van der Waals surface area contributed by atoms with Crippen LogP contribution in [0.15, 0.2) is 0 Å². The molecule has 4 heteroatoms. The number of nitrogens with one attached hydrogen (secondary N) is 1. The summed E-state index contributed by atoms with van der Waals surface area (Å²) in [4.78, 5) is 13.8. The molecule has 2 saturated carbocycles. The van der Waals surface area contributed by atoms with Gasteiger partial charge < -0.3 is 11.1 Å². The molecule has 4 nitrogen and oxygen atoms in total. The molecule has 0 aliphatic heterocycles. The van der Waals surface area contributed by atoms with E-state index in [-0.39, 0.29) is 5.91 Å². The highest BCUT2D eigenvalue weighted by Crippen LogP contribution is 2.26. The molecule has 1 amide bonds. The highest BCUT2D eigenvalue weighted by atomic mass is 16.1. The van der Waals surface area contributed by atoms with Crippen LogP contribution in [0, 0.1) is 0 Å². The Morgan fingerprint density at radius 2 is 2.00 bits per heavy atom. The summed E-state index contributed by atoms with van der Waals surface area (Å²) in [5.74, 6) is 0.208. The number of rotatable bonds is 7. The summed E-state index contributed by atoms with van der Waals surface area (Å²) in [6, 6.07) is 1.20. The first-order chi connectivity index (χ1) is 7.29. The Labute approximate surface area is 91.2 Å². The number of hydrogen-bond donors (Lipinski definition) is 2. The van der Waals surface area contributed by atoms with Gasteiger partial charge in [0.15, 0.2) is 0 Å². The summed E-state index contributed by atoms with van der Waals surface area (Å²) in [5.41, 5.74) is 5.55. The van der Waals surface area contributed by atoms with E-state index in [1.807, 2.05) is 0 Å². The van der Waals surface area contributed by atoms with Gasteiger partial charge in [-0.2, -0.15) is 0 Å². The number of nitrogens with zero attached hydrogens (tertiary/aromatic N) is 1. The Morgan fingerprint density at radius 1 is 1.27 bits per heavy atom. The van der Waals surface area contributed by atoms with E-state index in [0.29, 0.717) is 25.0 Å². The van der Waals surface area contributed by atoms with Gasteiger partial charge in [0.1, 0.15) is 0 Å². The van der Waals surface area contributed by atoms with Gasteiger partial charge in [-0.3, -0.25) is 9.69 Å². The van der Waals surface area contributed by atoms with E-state index in [9.17, 15) is 4.79 Å². The topological polar surface area (TPSA) is 58.4 Å². The van der Waals surface area contributed by atoms with Crippen molar-refractivity contribution in [2.24, 2.45) is 5.73 Å². The van der Waals surface area contributed by atoms with Crippen LogP contribution < -0.4 is 11.1 Å². The Bertz CT molecular complexity index is 224. The van der Waals surface area contributed by atoms with Crippen LogP contribution in [0.25, 0.3) is 0 Å². The van der Waals surface area contributed by atoms with Crippen molar-refractivity contribution < 1.29 is 4.79 Å². The minimum absolute atomic E-state index is 0.208. The minimum atomic E-state index is 0.208. The second kappa shape index (κ2) is 4.94. The highest BCUT2D eigenvalue weighted by Gasteiger charge is 2.29. The fraction of sp³-hybridized carbons (Fsp3) is 0.909. The quantitative estimate of drug-likeness (QED) is 0.627. The molecule has 0 radical (unpaired) electrons. The van der Waals surface area contributed by atoms with Crippen molar-refractivity contribution in [3.8, 4) is 0 Å². The zero-order valence-electron chi connectivity index (χ0n) is 9.24. The maximum Gasteiger partial charge on any atom is 0.221 e. The molecule has 86 valence electrons. The molecule has 2 aliphatic rings. The van der Waals surface area contributed by atoms with Crippen LogP contribution in [-0.2, 0) is 4.79 Å². The van der Waals surface area contributed by atoms with E-state index in [1.165, 1.54) is 25.7 Å². The molecule has 0 bridgehead atoms. The minimum Gasteiger partial charge on any atom is -0.353 e. The first-order valence-electron chi connectivity index (χ1n) is 6.03. The van der Waals surface area contributed by atoms with Crippen LogP contribution in [0.1, 0.15) is 32.1 Å². The second-order valence-electron chi connectivity index (χ2n) is 4.65. The predicted molar refractivity (Wildman–Crippen MR) is 59.4 cm³/mol. The molecular weight excluding hydrogens is 190 g/mol. The molecule has 2 rings (SSSR count). The van der Waals surface area contributed by atoms with Gasteiger partial charge in [0, 0.05) is 38.1 Å². The van der Waals surface area contributed by atoms with Crippen LogP contribution in [0.4, 0.5) is 0 Å². The molecule has 0 aromatic carbocycles. The van der Waals surface area contributed by atoms with E-state index < -0.39 is 0 Å². The lowest BCUT2D eigenvalue weighted by Gasteiger charge is -2.20. The molecule has 0 heterocycles. The van der Waals surface area contributed by atoms with Crippen molar-refractivity contribution in [2.75, 3.05) is 19.6 Å². The van der Waals surface area contributed by atoms with Gasteiger partial charge in [-0.05, 0) is 25.7 Å². The van der Waals surface area contributed by atoms with E-state index in [1.54, 1.807) is 0 Å². The van der Waals surface area contributed by atoms with Crippen LogP contribution in [0.3, 0.4) is 0 Å². The summed E-state index contributed by atoms with van der Waals surface area (Å²) < 4.78 is 0. The molecular formula is C11H21N3O. The number of carbonyl (C=O) groups excluding carboxylic acids is 1. The van der Waals surface area contributed by atoms with Crippen molar-refractivity contribution in [1.29, 1.82) is 0 Å². The van der Waals surface area contributed by atoms with Gasteiger partial charge in [0.2, 0.25) is 5.91 Å². The molecule has 0 aromatic rings. The number of carbonyl (C=O) groups is 1. The van der Waals surface area contributed by atoms with E-state index in [4.69, 9.17) is 5.73 Å². The lowest BCUT2D eigenvalue weighted by Crippen LogP contribution is -2.36. The van der Waals surface area contributed by atoms with Crippen LogP contribution in [0.5, 0.6) is 0 Å². The zero-order valence-corrected chi connectivity index (χ0v) is 9.24.